The zero-order valence-electron chi connectivity index (χ0n) is 13.0. The van der Waals surface area contributed by atoms with Crippen molar-refractivity contribution >= 4 is 16.5 Å². The van der Waals surface area contributed by atoms with Crippen LogP contribution in [0.5, 0.6) is 0 Å². The van der Waals surface area contributed by atoms with E-state index in [1.807, 2.05) is 59.7 Å². The predicted molar refractivity (Wildman–Crippen MR) is 87.1 cm³/mol. The van der Waals surface area contributed by atoms with E-state index in [0.29, 0.717) is 0 Å². The van der Waals surface area contributed by atoms with Crippen molar-refractivity contribution in [2.45, 2.75) is 48.5 Å². The first-order valence-corrected chi connectivity index (χ1v) is 7.03. The zero-order chi connectivity index (χ0) is 14.6. The van der Waals surface area contributed by atoms with Crippen LogP contribution in [0.4, 0.5) is 5.69 Å². The van der Waals surface area contributed by atoms with E-state index < -0.39 is 0 Å². The van der Waals surface area contributed by atoms with Gasteiger partial charge in [-0.2, -0.15) is 0 Å². The van der Waals surface area contributed by atoms with E-state index in [4.69, 9.17) is 5.73 Å². The van der Waals surface area contributed by atoms with Gasteiger partial charge in [-0.15, -0.1) is 0 Å². The summed E-state index contributed by atoms with van der Waals surface area (Å²) in [6.45, 7) is 14.1. The molecule has 0 aliphatic heterocycles. The fraction of sp³-hybridized carbons (Fsp3) is 0.412. The van der Waals surface area contributed by atoms with Gasteiger partial charge in [-0.05, 0) is 23.9 Å². The Morgan fingerprint density at radius 2 is 1.11 bits per heavy atom. The van der Waals surface area contributed by atoms with Gasteiger partial charge < -0.3 is 5.73 Å². The van der Waals surface area contributed by atoms with Crippen LogP contribution < -0.4 is 5.73 Å². The van der Waals surface area contributed by atoms with Crippen molar-refractivity contribution in [3.05, 3.63) is 42.0 Å². The molecule has 18 heavy (non-hydrogen) atoms. The molecular formula is C17H29N. The maximum Gasteiger partial charge on any atom is 0.0393 e. The molecule has 2 aromatic carbocycles. The SMILES string of the molecule is CC.CC.CC.Cc1ccc(N)c2ccccc12. The summed E-state index contributed by atoms with van der Waals surface area (Å²) in [4.78, 5) is 0. The molecule has 0 heterocycles. The number of aryl methyl sites for hydroxylation is 1. The number of rotatable bonds is 0. The number of fused-ring (bicyclic) bond motifs is 1. The fourth-order valence-electron chi connectivity index (χ4n) is 1.47. The summed E-state index contributed by atoms with van der Waals surface area (Å²) in [5.41, 5.74) is 7.96. The summed E-state index contributed by atoms with van der Waals surface area (Å²) < 4.78 is 0. The molecule has 0 unspecified atom stereocenters. The number of nitrogens with two attached hydrogens (primary N) is 1. The predicted octanol–water partition coefficient (Wildman–Crippen LogP) is 5.81. The Morgan fingerprint density at radius 1 is 0.667 bits per heavy atom. The van der Waals surface area contributed by atoms with Crippen LogP contribution in [-0.4, -0.2) is 0 Å². The van der Waals surface area contributed by atoms with E-state index in [2.05, 4.69) is 25.1 Å². The summed E-state index contributed by atoms with van der Waals surface area (Å²) in [5.74, 6) is 0. The van der Waals surface area contributed by atoms with Crippen molar-refractivity contribution in [3.8, 4) is 0 Å². The van der Waals surface area contributed by atoms with E-state index in [9.17, 15) is 0 Å². The molecule has 0 bridgehead atoms. The molecule has 0 saturated heterocycles. The molecule has 0 aliphatic carbocycles. The minimum atomic E-state index is 0.858. The van der Waals surface area contributed by atoms with Crippen molar-refractivity contribution < 1.29 is 0 Å². The second kappa shape index (κ2) is 12.0. The maximum atomic E-state index is 5.83. The molecule has 2 rings (SSSR count). The van der Waals surface area contributed by atoms with Crippen molar-refractivity contribution in [3.63, 3.8) is 0 Å². The smallest absolute Gasteiger partial charge is 0.0393 e. The molecule has 0 radical (unpaired) electrons. The van der Waals surface area contributed by atoms with Crippen LogP contribution in [0.2, 0.25) is 0 Å². The van der Waals surface area contributed by atoms with Crippen molar-refractivity contribution in [1.29, 1.82) is 0 Å². The highest BCUT2D eigenvalue weighted by atomic mass is 14.5. The largest absolute Gasteiger partial charge is 0.398 e. The zero-order valence-corrected chi connectivity index (χ0v) is 13.0. The highest BCUT2D eigenvalue weighted by Crippen LogP contribution is 2.23. The molecule has 0 amide bonds. The Hall–Kier alpha value is -1.50. The van der Waals surface area contributed by atoms with Crippen LogP contribution in [-0.2, 0) is 0 Å². The molecule has 1 nitrogen and oxygen atoms in total. The summed E-state index contributed by atoms with van der Waals surface area (Å²) in [6.07, 6.45) is 0. The lowest BCUT2D eigenvalue weighted by molar-refractivity contribution is 1.50. The van der Waals surface area contributed by atoms with Gasteiger partial charge in [0.25, 0.3) is 0 Å². The molecule has 1 heteroatoms. The first kappa shape index (κ1) is 18.9. The van der Waals surface area contributed by atoms with Crippen molar-refractivity contribution in [2.24, 2.45) is 0 Å². The second-order valence-corrected chi connectivity index (χ2v) is 3.02. The fourth-order valence-corrected chi connectivity index (χ4v) is 1.47. The number of nitrogen functional groups attached to an aromatic ring is 1. The monoisotopic (exact) mass is 247 g/mol. The van der Waals surface area contributed by atoms with Crippen molar-refractivity contribution in [1.82, 2.24) is 0 Å². The summed E-state index contributed by atoms with van der Waals surface area (Å²) in [7, 11) is 0. The van der Waals surface area contributed by atoms with Gasteiger partial charge in [0.2, 0.25) is 0 Å². The molecular weight excluding hydrogens is 218 g/mol. The van der Waals surface area contributed by atoms with Crippen LogP contribution in [0, 0.1) is 6.92 Å². The third-order valence-electron chi connectivity index (χ3n) is 2.18. The number of hydrogen-bond donors (Lipinski definition) is 1. The Kier molecular flexibility index (Phi) is 12.5. The lowest BCUT2D eigenvalue weighted by Crippen LogP contribution is -1.87. The minimum absolute atomic E-state index is 0.858. The van der Waals surface area contributed by atoms with Crippen LogP contribution >= 0.6 is 0 Å². The topological polar surface area (TPSA) is 26.0 Å². The third-order valence-corrected chi connectivity index (χ3v) is 2.18. The highest BCUT2D eigenvalue weighted by molar-refractivity contribution is 5.94. The quantitative estimate of drug-likeness (QED) is 0.584. The standard InChI is InChI=1S/C11H11N.3C2H6/c1-8-6-7-11(12)10-5-3-2-4-9(8)10;3*1-2/h2-7H,12H2,1H3;3*1-2H3. The lowest BCUT2D eigenvalue weighted by Gasteiger charge is -2.03. The van der Waals surface area contributed by atoms with Crippen LogP contribution in [0.25, 0.3) is 10.8 Å². The first-order chi connectivity index (χ1) is 8.79. The van der Waals surface area contributed by atoms with Crippen LogP contribution in [0.15, 0.2) is 36.4 Å². The number of anilines is 1. The van der Waals surface area contributed by atoms with Gasteiger partial charge in [-0.25, -0.2) is 0 Å². The Balaban J connectivity index is 0. The van der Waals surface area contributed by atoms with Crippen LogP contribution in [0.1, 0.15) is 47.1 Å². The minimum Gasteiger partial charge on any atom is -0.398 e. The number of benzene rings is 2. The lowest BCUT2D eigenvalue weighted by atomic mass is 10.0. The maximum absolute atomic E-state index is 5.83. The van der Waals surface area contributed by atoms with E-state index >= 15 is 0 Å². The molecule has 0 spiro atoms. The highest BCUT2D eigenvalue weighted by Gasteiger charge is 1.97. The summed E-state index contributed by atoms with van der Waals surface area (Å²) in [5, 5.41) is 2.40. The Labute approximate surface area is 113 Å². The van der Waals surface area contributed by atoms with Gasteiger partial charge in [-0.3, -0.25) is 0 Å². The Morgan fingerprint density at radius 3 is 1.56 bits per heavy atom. The van der Waals surface area contributed by atoms with Gasteiger partial charge in [0.1, 0.15) is 0 Å². The molecule has 2 aromatic rings. The molecule has 0 atom stereocenters. The Bertz CT molecular complexity index is 378. The molecule has 0 fully saturated rings. The normalized spacial score (nSPS) is 7.94. The van der Waals surface area contributed by atoms with E-state index in [-0.39, 0.29) is 0 Å². The van der Waals surface area contributed by atoms with Gasteiger partial charge in [0.05, 0.1) is 0 Å². The van der Waals surface area contributed by atoms with E-state index in [1.54, 1.807) is 0 Å². The first-order valence-electron chi connectivity index (χ1n) is 7.03. The molecule has 2 N–H and O–H groups in total. The van der Waals surface area contributed by atoms with Gasteiger partial charge in [0.15, 0.2) is 0 Å². The van der Waals surface area contributed by atoms with E-state index in [1.165, 1.54) is 10.9 Å². The summed E-state index contributed by atoms with van der Waals surface area (Å²) >= 11 is 0. The average Bonchev–Trinajstić information content (AvgIpc) is 2.50. The molecule has 0 aliphatic rings. The van der Waals surface area contributed by atoms with Gasteiger partial charge in [-0.1, -0.05) is 71.9 Å². The third kappa shape index (κ3) is 5.22. The number of hydrogen-bond acceptors (Lipinski definition) is 1. The summed E-state index contributed by atoms with van der Waals surface area (Å²) in [6, 6.07) is 12.2. The second-order valence-electron chi connectivity index (χ2n) is 3.02. The molecule has 102 valence electrons. The van der Waals surface area contributed by atoms with E-state index in [0.717, 1.165) is 11.1 Å². The van der Waals surface area contributed by atoms with Crippen molar-refractivity contribution in [2.75, 3.05) is 5.73 Å². The van der Waals surface area contributed by atoms with Gasteiger partial charge in [0, 0.05) is 11.1 Å². The average molecular weight is 247 g/mol. The van der Waals surface area contributed by atoms with Crippen LogP contribution in [0.3, 0.4) is 0 Å². The molecule has 0 aromatic heterocycles. The molecule has 0 saturated carbocycles. The van der Waals surface area contributed by atoms with Gasteiger partial charge >= 0.3 is 0 Å².